The molecule has 0 aliphatic heterocycles. The van der Waals surface area contributed by atoms with E-state index in [9.17, 15) is 5.11 Å². The molecule has 0 saturated heterocycles. The molecular formula is C15H25O4P. The van der Waals surface area contributed by atoms with Gasteiger partial charge in [0, 0.05) is 0 Å². The van der Waals surface area contributed by atoms with E-state index >= 15 is 0 Å². The maximum Gasteiger partial charge on any atom is 0.215 e. The van der Waals surface area contributed by atoms with E-state index in [-0.39, 0.29) is 22.2 Å². The smallest absolute Gasteiger partial charge is 0.215 e. The highest BCUT2D eigenvalue weighted by Gasteiger charge is 2.15. The Labute approximate surface area is 123 Å². The van der Waals surface area contributed by atoms with E-state index in [1.807, 2.05) is 0 Å². The van der Waals surface area contributed by atoms with Crippen LogP contribution in [0.5, 0.6) is 5.75 Å². The summed E-state index contributed by atoms with van der Waals surface area (Å²) in [5, 5.41) is 17.9. The Hall–Kier alpha value is -0.670. The van der Waals surface area contributed by atoms with Crippen molar-refractivity contribution in [1.82, 2.24) is 0 Å². The molecule has 0 fully saturated rings. The van der Waals surface area contributed by atoms with Crippen molar-refractivity contribution in [2.45, 2.75) is 45.6 Å². The summed E-state index contributed by atoms with van der Waals surface area (Å²) in [5.74, 6) is 1.63. The molecule has 20 heavy (non-hydrogen) atoms. The van der Waals surface area contributed by atoms with Gasteiger partial charge in [0.1, 0.15) is 11.9 Å². The Kier molecular flexibility index (Phi) is 7.46. The summed E-state index contributed by atoms with van der Waals surface area (Å²) in [6, 6.07) is 6.19. The van der Waals surface area contributed by atoms with E-state index in [2.05, 4.69) is 45.9 Å². The molecule has 1 rings (SSSR count). The van der Waals surface area contributed by atoms with Crippen LogP contribution in [0, 0.1) is 0 Å². The molecule has 5 heteroatoms. The molecule has 0 bridgehead atoms. The first-order valence-electron chi connectivity index (χ1n) is 6.92. The number of aliphatic hydroxyl groups excluding tert-OH is 2. The molecule has 114 valence electrons. The van der Waals surface area contributed by atoms with Crippen LogP contribution in [-0.2, 0) is 4.52 Å². The molecule has 2 atom stereocenters. The third-order valence-electron chi connectivity index (χ3n) is 3.01. The number of aliphatic hydroxyl groups is 2. The second kappa shape index (κ2) is 8.58. The number of benzene rings is 1. The lowest BCUT2D eigenvalue weighted by Gasteiger charge is -2.19. The Morgan fingerprint density at radius 1 is 1.10 bits per heavy atom. The van der Waals surface area contributed by atoms with Gasteiger partial charge in [-0.05, 0) is 23.0 Å². The number of rotatable bonds is 8. The van der Waals surface area contributed by atoms with Gasteiger partial charge in [0.15, 0.2) is 0 Å². The zero-order valence-electron chi connectivity index (χ0n) is 12.6. The largest absolute Gasteiger partial charge is 0.449 e. The van der Waals surface area contributed by atoms with E-state index in [1.165, 1.54) is 0 Å². The van der Waals surface area contributed by atoms with E-state index in [0.717, 1.165) is 16.9 Å². The molecule has 2 N–H and O–H groups in total. The van der Waals surface area contributed by atoms with Crippen LogP contribution in [0.1, 0.15) is 50.7 Å². The second-order valence-electron chi connectivity index (χ2n) is 5.41. The predicted octanol–water partition coefficient (Wildman–Crippen LogP) is 3.19. The minimum absolute atomic E-state index is 0.0792. The highest BCUT2D eigenvalue weighted by molar-refractivity contribution is 7.26. The van der Waals surface area contributed by atoms with Gasteiger partial charge in [-0.25, -0.2) is 0 Å². The van der Waals surface area contributed by atoms with E-state index in [1.54, 1.807) is 0 Å². The number of hydrogen-bond donors (Lipinski definition) is 2. The minimum atomic E-state index is -0.851. The van der Waals surface area contributed by atoms with Crippen molar-refractivity contribution in [3.8, 4) is 5.75 Å². The molecule has 1 aromatic rings. The van der Waals surface area contributed by atoms with Crippen LogP contribution in [0.2, 0.25) is 0 Å². The van der Waals surface area contributed by atoms with Crippen LogP contribution in [0.4, 0.5) is 0 Å². The zero-order valence-corrected chi connectivity index (χ0v) is 13.6. The molecule has 0 aliphatic rings. The van der Waals surface area contributed by atoms with Gasteiger partial charge in [-0.2, -0.15) is 0 Å². The Morgan fingerprint density at radius 3 is 2.10 bits per heavy atom. The average molecular weight is 300 g/mol. The summed E-state index contributed by atoms with van der Waals surface area (Å²) >= 11 is 0. The van der Waals surface area contributed by atoms with Crippen LogP contribution in [0.15, 0.2) is 18.2 Å². The lowest BCUT2D eigenvalue weighted by atomic mass is 9.94. The SMILES string of the molecule is CC(C)c1cccc(C(C)C)c1OPOCC(O)CO. The third kappa shape index (κ3) is 5.02. The fourth-order valence-corrected chi connectivity index (χ4v) is 2.49. The summed E-state index contributed by atoms with van der Waals surface area (Å²) in [7, 11) is -0.187. The topological polar surface area (TPSA) is 58.9 Å². The first-order valence-corrected chi connectivity index (χ1v) is 7.74. The van der Waals surface area contributed by atoms with Crippen molar-refractivity contribution in [2.24, 2.45) is 0 Å². The molecule has 0 aliphatic carbocycles. The highest BCUT2D eigenvalue weighted by Crippen LogP contribution is 2.37. The first kappa shape index (κ1) is 17.4. The van der Waals surface area contributed by atoms with E-state index in [4.69, 9.17) is 14.2 Å². The summed E-state index contributed by atoms with van der Waals surface area (Å²) < 4.78 is 11.1. The number of para-hydroxylation sites is 1. The summed E-state index contributed by atoms with van der Waals surface area (Å²) in [6.45, 7) is 8.30. The molecule has 1 aromatic carbocycles. The Bertz CT molecular complexity index is 381. The van der Waals surface area contributed by atoms with Gasteiger partial charge < -0.3 is 19.3 Å². The van der Waals surface area contributed by atoms with Gasteiger partial charge in [-0.3, -0.25) is 0 Å². The molecule has 0 amide bonds. The maximum atomic E-state index is 9.21. The van der Waals surface area contributed by atoms with Crippen molar-refractivity contribution in [2.75, 3.05) is 13.2 Å². The van der Waals surface area contributed by atoms with Gasteiger partial charge in [0.05, 0.1) is 13.2 Å². The quantitative estimate of drug-likeness (QED) is 0.572. The highest BCUT2D eigenvalue weighted by atomic mass is 31.1. The molecule has 0 saturated carbocycles. The summed E-state index contributed by atoms with van der Waals surface area (Å²) in [4.78, 5) is 0. The van der Waals surface area contributed by atoms with Gasteiger partial charge in [-0.1, -0.05) is 45.9 Å². The van der Waals surface area contributed by atoms with E-state index < -0.39 is 6.10 Å². The van der Waals surface area contributed by atoms with Crippen molar-refractivity contribution < 1.29 is 19.3 Å². The van der Waals surface area contributed by atoms with Crippen LogP contribution < -0.4 is 4.52 Å². The molecular weight excluding hydrogens is 275 g/mol. The van der Waals surface area contributed by atoms with Crippen LogP contribution >= 0.6 is 9.03 Å². The molecule has 2 unspecified atom stereocenters. The predicted molar refractivity (Wildman–Crippen MR) is 82.6 cm³/mol. The van der Waals surface area contributed by atoms with Crippen molar-refractivity contribution >= 4 is 9.03 Å². The molecule has 0 radical (unpaired) electrons. The van der Waals surface area contributed by atoms with Gasteiger partial charge in [0.25, 0.3) is 0 Å². The van der Waals surface area contributed by atoms with Gasteiger partial charge >= 0.3 is 0 Å². The monoisotopic (exact) mass is 300 g/mol. The maximum absolute atomic E-state index is 9.21. The summed E-state index contributed by atoms with van der Waals surface area (Å²) in [5.41, 5.74) is 2.32. The third-order valence-corrected chi connectivity index (χ3v) is 3.58. The lowest BCUT2D eigenvalue weighted by molar-refractivity contribution is 0.0564. The Balaban J connectivity index is 2.75. The average Bonchev–Trinajstić information content (AvgIpc) is 2.42. The van der Waals surface area contributed by atoms with Crippen molar-refractivity contribution in [3.63, 3.8) is 0 Å². The molecule has 0 aromatic heterocycles. The van der Waals surface area contributed by atoms with Crippen molar-refractivity contribution in [3.05, 3.63) is 29.3 Å². The standard InChI is InChI=1S/C15H25O4P/c1-10(2)13-6-5-7-14(11(3)4)15(13)19-20-18-9-12(17)8-16/h5-7,10-12,16-17,20H,8-9H2,1-4H3. The Morgan fingerprint density at radius 2 is 1.65 bits per heavy atom. The first-order chi connectivity index (χ1) is 9.47. The fourth-order valence-electron chi connectivity index (χ4n) is 1.85. The normalized spacial score (nSPS) is 13.6. The van der Waals surface area contributed by atoms with Crippen molar-refractivity contribution in [1.29, 1.82) is 0 Å². The van der Waals surface area contributed by atoms with Gasteiger partial charge in [-0.15, -0.1) is 0 Å². The molecule has 0 heterocycles. The van der Waals surface area contributed by atoms with Crippen LogP contribution in [0.3, 0.4) is 0 Å². The lowest BCUT2D eigenvalue weighted by Crippen LogP contribution is -2.17. The zero-order chi connectivity index (χ0) is 15.1. The molecule has 4 nitrogen and oxygen atoms in total. The van der Waals surface area contributed by atoms with Gasteiger partial charge in [0.2, 0.25) is 9.03 Å². The second-order valence-corrected chi connectivity index (χ2v) is 6.07. The molecule has 0 spiro atoms. The number of hydrogen-bond acceptors (Lipinski definition) is 4. The van der Waals surface area contributed by atoms with Crippen LogP contribution in [-0.4, -0.2) is 29.5 Å². The minimum Gasteiger partial charge on any atom is -0.449 e. The summed E-state index contributed by atoms with van der Waals surface area (Å²) in [6.07, 6.45) is -0.851. The van der Waals surface area contributed by atoms with E-state index in [0.29, 0.717) is 11.8 Å². The fraction of sp³-hybridized carbons (Fsp3) is 0.600. The van der Waals surface area contributed by atoms with Crippen LogP contribution in [0.25, 0.3) is 0 Å².